The van der Waals surface area contributed by atoms with Gasteiger partial charge < -0.3 is 0 Å². The van der Waals surface area contributed by atoms with Crippen molar-refractivity contribution in [2.45, 2.75) is 4.90 Å². The van der Waals surface area contributed by atoms with Crippen LogP contribution in [0.3, 0.4) is 0 Å². The second-order valence-electron chi connectivity index (χ2n) is 7.68. The monoisotopic (exact) mass is 444 g/mol. The molecule has 2 aromatic heterocycles. The predicted molar refractivity (Wildman–Crippen MR) is 137 cm³/mol. The van der Waals surface area contributed by atoms with E-state index in [9.17, 15) is 0 Å². The standard InChI is InChI=1S/C28H20N4S/c1-2-33-22-17-18-26-24(19-22)23-15-9-10-16-25(23)32(26)28-30-29-27(20-11-5-3-6-12-20)31(28)21-13-7-4-8-14-21/h2-19H,1H2. The number of para-hydroxylation sites is 2. The van der Waals surface area contributed by atoms with Gasteiger partial charge in [-0.3, -0.25) is 9.13 Å². The largest absolute Gasteiger partial charge is 0.278 e. The normalized spacial score (nSPS) is 11.3. The molecule has 2 heterocycles. The van der Waals surface area contributed by atoms with Crippen molar-refractivity contribution in [1.82, 2.24) is 19.3 Å². The van der Waals surface area contributed by atoms with Crippen LogP contribution in [0.4, 0.5) is 0 Å². The van der Waals surface area contributed by atoms with Crippen LogP contribution < -0.4 is 0 Å². The number of thioether (sulfide) groups is 1. The second kappa shape index (κ2) is 8.11. The molecule has 0 amide bonds. The van der Waals surface area contributed by atoms with Crippen molar-refractivity contribution in [2.75, 3.05) is 0 Å². The van der Waals surface area contributed by atoms with Gasteiger partial charge in [0.1, 0.15) is 0 Å². The third-order valence-electron chi connectivity index (χ3n) is 5.76. The highest BCUT2D eigenvalue weighted by Crippen LogP contribution is 2.36. The fourth-order valence-corrected chi connectivity index (χ4v) is 4.87. The molecule has 0 radical (unpaired) electrons. The number of hydrogen-bond donors (Lipinski definition) is 0. The molecule has 0 N–H and O–H groups in total. The molecule has 0 fully saturated rings. The molecular formula is C28H20N4S. The Hall–Kier alpha value is -4.09. The first kappa shape index (κ1) is 19.6. The van der Waals surface area contributed by atoms with Crippen LogP contribution in [0.25, 0.3) is 44.8 Å². The molecule has 0 atom stereocenters. The third kappa shape index (κ3) is 3.25. The van der Waals surface area contributed by atoms with E-state index in [2.05, 4.69) is 87.5 Å². The highest BCUT2D eigenvalue weighted by atomic mass is 32.2. The highest BCUT2D eigenvalue weighted by molar-refractivity contribution is 8.02. The van der Waals surface area contributed by atoms with E-state index in [0.717, 1.165) is 39.0 Å². The molecule has 0 unspecified atom stereocenters. The van der Waals surface area contributed by atoms with Gasteiger partial charge in [-0.2, -0.15) is 0 Å². The molecule has 0 bridgehead atoms. The van der Waals surface area contributed by atoms with Gasteiger partial charge in [0.15, 0.2) is 5.82 Å². The van der Waals surface area contributed by atoms with E-state index in [0.29, 0.717) is 0 Å². The Morgan fingerprint density at radius 3 is 2.15 bits per heavy atom. The van der Waals surface area contributed by atoms with E-state index in [1.807, 2.05) is 41.8 Å². The van der Waals surface area contributed by atoms with Crippen molar-refractivity contribution < 1.29 is 0 Å². The molecule has 0 saturated carbocycles. The summed E-state index contributed by atoms with van der Waals surface area (Å²) in [6, 6.07) is 35.4. The van der Waals surface area contributed by atoms with Crippen LogP contribution in [0.15, 0.2) is 120 Å². The van der Waals surface area contributed by atoms with E-state index in [-0.39, 0.29) is 0 Å². The number of fused-ring (bicyclic) bond motifs is 3. The van der Waals surface area contributed by atoms with Gasteiger partial charge in [0.25, 0.3) is 0 Å². The Kier molecular flexibility index (Phi) is 4.82. The Morgan fingerprint density at radius 1 is 0.667 bits per heavy atom. The lowest BCUT2D eigenvalue weighted by atomic mass is 10.1. The fraction of sp³-hybridized carbons (Fsp3) is 0. The first-order valence-corrected chi connectivity index (χ1v) is 11.6. The molecule has 6 rings (SSSR count). The van der Waals surface area contributed by atoms with Gasteiger partial charge in [-0.15, -0.1) is 10.2 Å². The number of rotatable bonds is 5. The molecule has 33 heavy (non-hydrogen) atoms. The van der Waals surface area contributed by atoms with Crippen molar-refractivity contribution in [3.8, 4) is 23.0 Å². The summed E-state index contributed by atoms with van der Waals surface area (Å²) in [6.07, 6.45) is 0. The first-order chi connectivity index (χ1) is 16.3. The number of hydrogen-bond acceptors (Lipinski definition) is 3. The molecule has 5 heteroatoms. The molecule has 0 saturated heterocycles. The average molecular weight is 445 g/mol. The number of nitrogens with zero attached hydrogens (tertiary/aromatic N) is 4. The van der Waals surface area contributed by atoms with Crippen LogP contribution in [0, 0.1) is 0 Å². The van der Waals surface area contributed by atoms with Crippen molar-refractivity contribution in [2.24, 2.45) is 0 Å². The molecule has 0 aliphatic carbocycles. The average Bonchev–Trinajstić information content (AvgIpc) is 3.44. The van der Waals surface area contributed by atoms with Crippen LogP contribution in [-0.2, 0) is 0 Å². The van der Waals surface area contributed by atoms with Crippen LogP contribution >= 0.6 is 11.8 Å². The van der Waals surface area contributed by atoms with Crippen LogP contribution in [-0.4, -0.2) is 19.3 Å². The van der Waals surface area contributed by atoms with Gasteiger partial charge in [0, 0.05) is 21.2 Å². The van der Waals surface area contributed by atoms with Gasteiger partial charge in [-0.25, -0.2) is 0 Å². The molecule has 0 aliphatic rings. The number of benzene rings is 4. The van der Waals surface area contributed by atoms with Crippen molar-refractivity contribution in [3.05, 3.63) is 115 Å². The molecular weight excluding hydrogens is 424 g/mol. The van der Waals surface area contributed by atoms with Crippen molar-refractivity contribution >= 4 is 33.6 Å². The molecule has 0 aliphatic heterocycles. The summed E-state index contributed by atoms with van der Waals surface area (Å²) in [6.45, 7) is 3.86. The lowest BCUT2D eigenvalue weighted by molar-refractivity contribution is 0.933. The minimum Gasteiger partial charge on any atom is -0.278 e. The van der Waals surface area contributed by atoms with Crippen LogP contribution in [0.1, 0.15) is 0 Å². The van der Waals surface area contributed by atoms with Gasteiger partial charge in [-0.05, 0) is 41.8 Å². The third-order valence-corrected chi connectivity index (χ3v) is 6.45. The van der Waals surface area contributed by atoms with Gasteiger partial charge >= 0.3 is 0 Å². The van der Waals surface area contributed by atoms with Crippen LogP contribution in [0.5, 0.6) is 0 Å². The lowest BCUT2D eigenvalue weighted by Gasteiger charge is -2.13. The molecule has 158 valence electrons. The maximum atomic E-state index is 4.72. The minimum atomic E-state index is 0.760. The van der Waals surface area contributed by atoms with Crippen LogP contribution in [0.2, 0.25) is 0 Å². The topological polar surface area (TPSA) is 35.6 Å². The van der Waals surface area contributed by atoms with E-state index >= 15 is 0 Å². The summed E-state index contributed by atoms with van der Waals surface area (Å²) < 4.78 is 4.34. The van der Waals surface area contributed by atoms with Crippen molar-refractivity contribution in [3.63, 3.8) is 0 Å². The number of aromatic nitrogens is 4. The summed E-state index contributed by atoms with van der Waals surface area (Å²) in [4.78, 5) is 1.16. The molecule has 4 aromatic carbocycles. The predicted octanol–water partition coefficient (Wildman–Crippen LogP) is 7.27. The van der Waals surface area contributed by atoms with Gasteiger partial charge in [0.2, 0.25) is 5.95 Å². The minimum absolute atomic E-state index is 0.760. The second-order valence-corrected chi connectivity index (χ2v) is 8.72. The summed E-state index contributed by atoms with van der Waals surface area (Å²) in [7, 11) is 0. The maximum absolute atomic E-state index is 4.72. The lowest BCUT2D eigenvalue weighted by Crippen LogP contribution is -2.06. The highest BCUT2D eigenvalue weighted by Gasteiger charge is 2.21. The Morgan fingerprint density at radius 2 is 1.36 bits per heavy atom. The summed E-state index contributed by atoms with van der Waals surface area (Å²) in [5.41, 5.74) is 4.22. The molecule has 6 aromatic rings. The quantitative estimate of drug-likeness (QED) is 0.262. The Bertz CT molecular complexity index is 1600. The smallest absolute Gasteiger partial charge is 0.241 e. The van der Waals surface area contributed by atoms with Crippen molar-refractivity contribution in [1.29, 1.82) is 0 Å². The Labute approximate surface area is 195 Å². The molecule has 0 spiro atoms. The van der Waals surface area contributed by atoms with E-state index < -0.39 is 0 Å². The Balaban J connectivity index is 1.70. The molecule has 4 nitrogen and oxygen atoms in total. The summed E-state index contributed by atoms with van der Waals surface area (Å²) in [5, 5.41) is 13.6. The van der Waals surface area contributed by atoms with E-state index in [1.54, 1.807) is 11.8 Å². The summed E-state index contributed by atoms with van der Waals surface area (Å²) in [5.74, 6) is 1.57. The van der Waals surface area contributed by atoms with Gasteiger partial charge in [-0.1, -0.05) is 85.1 Å². The van der Waals surface area contributed by atoms with Gasteiger partial charge in [0.05, 0.1) is 16.7 Å². The SMILES string of the molecule is C=CSc1ccc2c(c1)c1ccccc1n2-c1nnc(-c2ccccc2)n1-c1ccccc1. The van der Waals surface area contributed by atoms with E-state index in [1.165, 1.54) is 10.8 Å². The zero-order valence-corrected chi connectivity index (χ0v) is 18.6. The fourth-order valence-electron chi connectivity index (χ4n) is 4.35. The first-order valence-electron chi connectivity index (χ1n) is 10.7. The maximum Gasteiger partial charge on any atom is 0.241 e. The summed E-state index contributed by atoms with van der Waals surface area (Å²) >= 11 is 1.63. The zero-order valence-electron chi connectivity index (χ0n) is 17.8. The van der Waals surface area contributed by atoms with E-state index in [4.69, 9.17) is 5.10 Å². The zero-order chi connectivity index (χ0) is 22.2.